The zero-order chi connectivity index (χ0) is 16.4. The van der Waals surface area contributed by atoms with E-state index in [0.717, 1.165) is 11.1 Å². The molecule has 0 spiro atoms. The molecule has 1 aliphatic rings. The molecular weight excluding hydrogens is 354 g/mol. The van der Waals surface area contributed by atoms with Crippen LogP contribution in [-0.2, 0) is 16.8 Å². The zero-order valence-corrected chi connectivity index (χ0v) is 14.6. The molecule has 0 aliphatic carbocycles. The molecule has 2 heterocycles. The lowest BCUT2D eigenvalue weighted by molar-refractivity contribution is 0.271. The summed E-state index contributed by atoms with van der Waals surface area (Å²) in [5.41, 5.74) is 7.47. The summed E-state index contributed by atoms with van der Waals surface area (Å²) in [5.74, 6) is 1.12. The lowest BCUT2D eigenvalue weighted by Crippen LogP contribution is -2.41. The van der Waals surface area contributed by atoms with Gasteiger partial charge in [0.1, 0.15) is 0 Å². The SMILES string of the molecule is Cl.NCc1ccc(-c2noc(C3CCN(S(N)(=O)=O)CC3)n2)cc1. The molecule has 132 valence electrons. The van der Waals surface area contributed by atoms with Gasteiger partial charge in [-0.1, -0.05) is 29.4 Å². The monoisotopic (exact) mass is 373 g/mol. The van der Waals surface area contributed by atoms with Gasteiger partial charge in [-0.25, -0.2) is 5.14 Å². The Hall–Kier alpha value is -1.52. The van der Waals surface area contributed by atoms with Crippen LogP contribution in [-0.4, -0.2) is 36.0 Å². The van der Waals surface area contributed by atoms with Gasteiger partial charge in [-0.05, 0) is 18.4 Å². The topological polar surface area (TPSA) is 128 Å². The van der Waals surface area contributed by atoms with Crippen LogP contribution in [0.5, 0.6) is 0 Å². The molecule has 0 saturated carbocycles. The van der Waals surface area contributed by atoms with Gasteiger partial charge in [0.15, 0.2) is 0 Å². The Morgan fingerprint density at radius 2 is 1.83 bits per heavy atom. The molecule has 0 bridgehead atoms. The van der Waals surface area contributed by atoms with Crippen molar-refractivity contribution in [3.63, 3.8) is 0 Å². The number of halogens is 1. The molecule has 4 N–H and O–H groups in total. The minimum Gasteiger partial charge on any atom is -0.339 e. The Balaban J connectivity index is 0.00000208. The predicted molar refractivity (Wildman–Crippen MR) is 91.5 cm³/mol. The molecule has 0 radical (unpaired) electrons. The van der Waals surface area contributed by atoms with E-state index in [4.69, 9.17) is 15.4 Å². The molecule has 8 nitrogen and oxygen atoms in total. The Bertz CT molecular complexity index is 770. The van der Waals surface area contributed by atoms with Crippen LogP contribution in [0, 0.1) is 0 Å². The maximum absolute atomic E-state index is 11.3. The van der Waals surface area contributed by atoms with Gasteiger partial charge in [-0.15, -0.1) is 12.4 Å². The standard InChI is InChI=1S/C14H19N5O3S.ClH/c15-9-10-1-3-11(4-2-10)13-17-14(22-18-13)12-5-7-19(8-6-12)23(16,20)21;/h1-4,12H,5-9,15H2,(H2,16,20,21);1H. The van der Waals surface area contributed by atoms with Crippen LogP contribution in [0.3, 0.4) is 0 Å². The Morgan fingerprint density at radius 1 is 1.21 bits per heavy atom. The summed E-state index contributed by atoms with van der Waals surface area (Å²) < 4.78 is 29.2. The van der Waals surface area contributed by atoms with Gasteiger partial charge in [-0.2, -0.15) is 17.7 Å². The lowest BCUT2D eigenvalue weighted by Gasteiger charge is -2.27. The first-order chi connectivity index (χ1) is 11.0. The average Bonchev–Trinajstić information content (AvgIpc) is 3.04. The third-order valence-corrected chi connectivity index (χ3v) is 5.14. The number of nitrogens with zero attached hydrogens (tertiary/aromatic N) is 3. The molecule has 1 fully saturated rings. The third-order valence-electron chi connectivity index (χ3n) is 4.05. The number of nitrogens with two attached hydrogens (primary N) is 2. The predicted octanol–water partition coefficient (Wildman–Crippen LogP) is 1.000. The molecule has 2 aromatic rings. The van der Waals surface area contributed by atoms with Crippen LogP contribution < -0.4 is 10.9 Å². The molecule has 0 atom stereocenters. The van der Waals surface area contributed by atoms with Crippen molar-refractivity contribution in [3.05, 3.63) is 35.7 Å². The fourth-order valence-electron chi connectivity index (χ4n) is 2.67. The van der Waals surface area contributed by atoms with Gasteiger partial charge < -0.3 is 10.3 Å². The smallest absolute Gasteiger partial charge is 0.276 e. The second-order valence-electron chi connectivity index (χ2n) is 5.58. The summed E-state index contributed by atoms with van der Waals surface area (Å²) in [6.07, 6.45) is 1.23. The molecule has 10 heteroatoms. The summed E-state index contributed by atoms with van der Waals surface area (Å²) in [5, 5.41) is 9.15. The first-order valence-electron chi connectivity index (χ1n) is 7.38. The Morgan fingerprint density at radius 3 is 2.38 bits per heavy atom. The first-order valence-corrected chi connectivity index (χ1v) is 8.88. The van der Waals surface area contributed by atoms with E-state index >= 15 is 0 Å². The van der Waals surface area contributed by atoms with Crippen molar-refractivity contribution in [3.8, 4) is 11.4 Å². The van der Waals surface area contributed by atoms with E-state index in [1.54, 1.807) is 0 Å². The lowest BCUT2D eigenvalue weighted by atomic mass is 9.98. The highest BCUT2D eigenvalue weighted by molar-refractivity contribution is 7.86. The Kier molecular flexibility index (Phi) is 5.94. The minimum atomic E-state index is -3.62. The van der Waals surface area contributed by atoms with Crippen molar-refractivity contribution in [2.24, 2.45) is 10.9 Å². The summed E-state index contributed by atoms with van der Waals surface area (Å²) in [6, 6.07) is 7.66. The van der Waals surface area contributed by atoms with Crippen molar-refractivity contribution < 1.29 is 12.9 Å². The van der Waals surface area contributed by atoms with Gasteiger partial charge in [0.05, 0.1) is 0 Å². The van der Waals surface area contributed by atoms with Gasteiger partial charge in [0.25, 0.3) is 10.2 Å². The molecule has 0 amide bonds. The summed E-state index contributed by atoms with van der Waals surface area (Å²) in [4.78, 5) is 4.44. The summed E-state index contributed by atoms with van der Waals surface area (Å²) in [6.45, 7) is 1.22. The van der Waals surface area contributed by atoms with Gasteiger partial charge in [0, 0.05) is 31.1 Å². The number of hydrogen-bond donors (Lipinski definition) is 2. The minimum absolute atomic E-state index is 0. The van der Waals surface area contributed by atoms with Crippen LogP contribution in [0.1, 0.15) is 30.2 Å². The fourth-order valence-corrected chi connectivity index (χ4v) is 3.39. The molecule has 24 heavy (non-hydrogen) atoms. The normalized spacial score (nSPS) is 16.8. The van der Waals surface area contributed by atoms with Gasteiger partial charge in [-0.3, -0.25) is 0 Å². The summed E-state index contributed by atoms with van der Waals surface area (Å²) in [7, 11) is -3.62. The second-order valence-corrected chi connectivity index (χ2v) is 7.12. The first kappa shape index (κ1) is 18.8. The highest BCUT2D eigenvalue weighted by atomic mass is 35.5. The Labute approximate surface area is 146 Å². The number of hydrogen-bond acceptors (Lipinski definition) is 6. The van der Waals surface area contributed by atoms with Crippen molar-refractivity contribution in [1.29, 1.82) is 0 Å². The van der Waals surface area contributed by atoms with Crippen LogP contribution in [0.15, 0.2) is 28.8 Å². The van der Waals surface area contributed by atoms with Crippen molar-refractivity contribution in [2.45, 2.75) is 25.3 Å². The van der Waals surface area contributed by atoms with Crippen LogP contribution in [0.25, 0.3) is 11.4 Å². The summed E-state index contributed by atoms with van der Waals surface area (Å²) >= 11 is 0. The highest BCUT2D eigenvalue weighted by Gasteiger charge is 2.29. The highest BCUT2D eigenvalue weighted by Crippen LogP contribution is 2.29. The number of piperidine rings is 1. The molecule has 3 rings (SSSR count). The second kappa shape index (κ2) is 7.58. The molecule has 1 aromatic heterocycles. The van der Waals surface area contributed by atoms with E-state index in [1.165, 1.54) is 4.31 Å². The van der Waals surface area contributed by atoms with Crippen LogP contribution in [0.4, 0.5) is 0 Å². The van der Waals surface area contributed by atoms with E-state index in [9.17, 15) is 8.42 Å². The number of aromatic nitrogens is 2. The number of rotatable bonds is 4. The van der Waals surface area contributed by atoms with Crippen molar-refractivity contribution >= 4 is 22.6 Å². The van der Waals surface area contributed by atoms with E-state index in [0.29, 0.717) is 44.2 Å². The maximum Gasteiger partial charge on any atom is 0.276 e. The molecule has 1 aliphatic heterocycles. The largest absolute Gasteiger partial charge is 0.339 e. The van der Waals surface area contributed by atoms with E-state index in [1.807, 2.05) is 24.3 Å². The average molecular weight is 374 g/mol. The van der Waals surface area contributed by atoms with E-state index in [-0.39, 0.29) is 18.3 Å². The molecule has 1 aromatic carbocycles. The maximum atomic E-state index is 11.3. The van der Waals surface area contributed by atoms with E-state index < -0.39 is 10.2 Å². The molecular formula is C14H20ClN5O3S. The molecule has 1 saturated heterocycles. The van der Waals surface area contributed by atoms with Crippen molar-refractivity contribution in [1.82, 2.24) is 14.4 Å². The van der Waals surface area contributed by atoms with E-state index in [2.05, 4.69) is 10.1 Å². The molecule has 0 unspecified atom stereocenters. The zero-order valence-electron chi connectivity index (χ0n) is 13.0. The van der Waals surface area contributed by atoms with Crippen LogP contribution >= 0.6 is 12.4 Å². The van der Waals surface area contributed by atoms with Crippen LogP contribution in [0.2, 0.25) is 0 Å². The van der Waals surface area contributed by atoms with Gasteiger partial charge >= 0.3 is 0 Å². The number of benzene rings is 1. The van der Waals surface area contributed by atoms with Crippen molar-refractivity contribution in [2.75, 3.05) is 13.1 Å². The van der Waals surface area contributed by atoms with Gasteiger partial charge in [0.2, 0.25) is 11.7 Å². The third kappa shape index (κ3) is 4.11. The fraction of sp³-hybridized carbons (Fsp3) is 0.429. The quantitative estimate of drug-likeness (QED) is 0.822.